The average Bonchev–Trinajstić information content (AvgIpc) is 2.48. The summed E-state index contributed by atoms with van der Waals surface area (Å²) in [5.41, 5.74) is 5.97. The van der Waals surface area contributed by atoms with Crippen molar-refractivity contribution in [1.82, 2.24) is 15.1 Å². The molecule has 5 nitrogen and oxygen atoms in total. The van der Waals surface area contributed by atoms with Crippen molar-refractivity contribution in [2.24, 2.45) is 11.7 Å². The monoisotopic (exact) mass is 382 g/mol. The van der Waals surface area contributed by atoms with Crippen molar-refractivity contribution in [3.05, 3.63) is 0 Å². The van der Waals surface area contributed by atoms with Crippen LogP contribution in [0.2, 0.25) is 0 Å². The zero-order chi connectivity index (χ0) is 16.1. The Hall–Kier alpha value is -0.0700. The molecule has 2 heterocycles. The summed E-state index contributed by atoms with van der Waals surface area (Å²) in [7, 11) is 2.21. The van der Waals surface area contributed by atoms with Crippen LogP contribution in [0.4, 0.5) is 0 Å². The lowest BCUT2D eigenvalue weighted by atomic mass is 9.97. The van der Waals surface area contributed by atoms with Gasteiger partial charge in [-0.3, -0.25) is 4.79 Å². The number of nitrogens with two attached hydrogens (primary N) is 1. The Bertz CT molecular complexity index is 354. The molecule has 0 saturated carbocycles. The molecule has 2 aliphatic rings. The van der Waals surface area contributed by atoms with Gasteiger partial charge >= 0.3 is 0 Å². The first-order valence-corrected chi connectivity index (χ1v) is 8.94. The van der Waals surface area contributed by atoms with E-state index in [4.69, 9.17) is 5.73 Å². The van der Waals surface area contributed by atoms with Gasteiger partial charge in [-0.05, 0) is 58.2 Å². The zero-order valence-corrected chi connectivity index (χ0v) is 17.0. The van der Waals surface area contributed by atoms with Crippen LogP contribution >= 0.6 is 24.8 Å². The number of hydrogen-bond acceptors (Lipinski definition) is 4. The molecule has 0 aromatic carbocycles. The molecule has 0 aliphatic carbocycles. The second-order valence-corrected chi connectivity index (χ2v) is 7.59. The molecule has 0 aromatic rings. The average molecular weight is 383 g/mol. The number of amides is 1. The van der Waals surface area contributed by atoms with Crippen molar-refractivity contribution in [2.45, 2.75) is 64.1 Å². The Labute approximate surface area is 159 Å². The summed E-state index contributed by atoms with van der Waals surface area (Å²) < 4.78 is 0. The predicted octanol–water partition coefficient (Wildman–Crippen LogP) is 1.88. The fourth-order valence-corrected chi connectivity index (χ4v) is 3.69. The fraction of sp³-hybridized carbons (Fsp3) is 0.941. The van der Waals surface area contributed by atoms with Gasteiger partial charge in [0.15, 0.2) is 0 Å². The number of rotatable bonds is 5. The molecule has 0 radical (unpaired) electrons. The molecule has 0 unspecified atom stereocenters. The van der Waals surface area contributed by atoms with Crippen LogP contribution in [0.25, 0.3) is 0 Å². The molecule has 0 bridgehead atoms. The third kappa shape index (κ3) is 7.44. The van der Waals surface area contributed by atoms with Crippen molar-refractivity contribution in [3.63, 3.8) is 0 Å². The number of nitrogens with one attached hydrogen (secondary N) is 1. The van der Waals surface area contributed by atoms with Crippen LogP contribution in [0.3, 0.4) is 0 Å². The lowest BCUT2D eigenvalue weighted by Gasteiger charge is -2.41. The van der Waals surface area contributed by atoms with Crippen LogP contribution in [0.15, 0.2) is 0 Å². The van der Waals surface area contributed by atoms with E-state index >= 15 is 0 Å². The molecule has 0 aromatic heterocycles. The molecule has 2 saturated heterocycles. The van der Waals surface area contributed by atoms with Gasteiger partial charge in [0, 0.05) is 25.2 Å². The molecule has 3 N–H and O–H groups in total. The number of piperidine rings is 2. The predicted molar refractivity (Wildman–Crippen MR) is 105 cm³/mol. The van der Waals surface area contributed by atoms with E-state index < -0.39 is 0 Å². The normalized spacial score (nSPS) is 22.5. The Morgan fingerprint density at radius 1 is 1.08 bits per heavy atom. The van der Waals surface area contributed by atoms with E-state index in [1.165, 1.54) is 25.9 Å². The van der Waals surface area contributed by atoms with Gasteiger partial charge in [0.2, 0.25) is 5.91 Å². The number of carbonyl (C=O) groups is 1. The third-order valence-corrected chi connectivity index (χ3v) is 5.14. The summed E-state index contributed by atoms with van der Waals surface area (Å²) in [5.74, 6) is 0.499. The lowest BCUT2D eigenvalue weighted by Crippen LogP contribution is -2.52. The number of halogens is 2. The Morgan fingerprint density at radius 3 is 2.12 bits per heavy atom. The Morgan fingerprint density at radius 2 is 1.62 bits per heavy atom. The van der Waals surface area contributed by atoms with Crippen molar-refractivity contribution in [1.29, 1.82) is 0 Å². The van der Waals surface area contributed by atoms with E-state index in [1.807, 2.05) is 0 Å². The van der Waals surface area contributed by atoms with E-state index in [0.717, 1.165) is 38.4 Å². The summed E-state index contributed by atoms with van der Waals surface area (Å²) in [5, 5.41) is 3.16. The minimum absolute atomic E-state index is 0. The maximum atomic E-state index is 12.1. The van der Waals surface area contributed by atoms with E-state index in [1.54, 1.807) is 0 Å². The topological polar surface area (TPSA) is 61.6 Å². The van der Waals surface area contributed by atoms with Crippen LogP contribution in [-0.4, -0.2) is 67.1 Å². The highest BCUT2D eigenvalue weighted by Crippen LogP contribution is 2.20. The molecule has 2 fully saturated rings. The van der Waals surface area contributed by atoms with Gasteiger partial charge in [0.1, 0.15) is 0 Å². The highest BCUT2D eigenvalue weighted by Gasteiger charge is 2.28. The van der Waals surface area contributed by atoms with Crippen LogP contribution < -0.4 is 11.1 Å². The fourth-order valence-electron chi connectivity index (χ4n) is 3.69. The van der Waals surface area contributed by atoms with Gasteiger partial charge in [-0.25, -0.2) is 0 Å². The summed E-state index contributed by atoms with van der Waals surface area (Å²) in [6, 6.07) is 0.705. The van der Waals surface area contributed by atoms with Gasteiger partial charge in [-0.2, -0.15) is 0 Å². The molecule has 2 aliphatic heterocycles. The highest BCUT2D eigenvalue weighted by atomic mass is 35.5. The molecule has 7 heteroatoms. The lowest BCUT2D eigenvalue weighted by molar-refractivity contribution is -0.123. The molecule has 1 atom stereocenters. The number of likely N-dealkylation sites (tertiary alicyclic amines) is 2. The van der Waals surface area contributed by atoms with Crippen LogP contribution in [0.1, 0.15) is 46.0 Å². The Balaban J connectivity index is 0.00000264. The van der Waals surface area contributed by atoms with Crippen molar-refractivity contribution in [3.8, 4) is 0 Å². The third-order valence-electron chi connectivity index (χ3n) is 5.14. The van der Waals surface area contributed by atoms with Crippen molar-refractivity contribution < 1.29 is 4.79 Å². The van der Waals surface area contributed by atoms with Crippen LogP contribution in [0, 0.1) is 5.92 Å². The van der Waals surface area contributed by atoms with Crippen LogP contribution in [-0.2, 0) is 4.79 Å². The van der Waals surface area contributed by atoms with Crippen LogP contribution in [0.5, 0.6) is 0 Å². The molecular weight excluding hydrogens is 347 g/mol. The first kappa shape index (κ1) is 23.9. The van der Waals surface area contributed by atoms with Gasteiger partial charge in [-0.15, -0.1) is 24.8 Å². The van der Waals surface area contributed by atoms with Crippen molar-refractivity contribution >= 4 is 30.7 Å². The summed E-state index contributed by atoms with van der Waals surface area (Å²) in [4.78, 5) is 17.2. The SMILES string of the molecule is CC(C)C[C@H](N)C(=O)NC1CCN(C2CCN(C)CC2)CC1.Cl.Cl. The van der Waals surface area contributed by atoms with Gasteiger partial charge in [-0.1, -0.05) is 13.8 Å². The zero-order valence-electron chi connectivity index (χ0n) is 15.4. The minimum Gasteiger partial charge on any atom is -0.352 e. The summed E-state index contributed by atoms with van der Waals surface area (Å²) >= 11 is 0. The number of carbonyl (C=O) groups excluding carboxylic acids is 1. The highest BCUT2D eigenvalue weighted by molar-refractivity contribution is 5.85. The van der Waals surface area contributed by atoms with Gasteiger partial charge in [0.25, 0.3) is 0 Å². The molecule has 1 amide bonds. The smallest absolute Gasteiger partial charge is 0.237 e. The van der Waals surface area contributed by atoms with Gasteiger partial charge < -0.3 is 20.9 Å². The largest absolute Gasteiger partial charge is 0.352 e. The first-order valence-electron chi connectivity index (χ1n) is 8.94. The first-order chi connectivity index (χ1) is 10.5. The standard InChI is InChI=1S/C17H34N4O.2ClH/c1-13(2)12-16(18)17(22)19-14-4-10-21(11-5-14)15-6-8-20(3)9-7-15;;/h13-16H,4-12,18H2,1-3H3,(H,19,22);2*1H/t16-;;/m0../s1. The molecule has 24 heavy (non-hydrogen) atoms. The van der Waals surface area contributed by atoms with E-state index in [2.05, 4.69) is 36.0 Å². The van der Waals surface area contributed by atoms with Crippen molar-refractivity contribution in [2.75, 3.05) is 33.2 Å². The summed E-state index contributed by atoms with van der Waals surface area (Å²) in [6.45, 7) is 8.86. The Kier molecular flexibility index (Phi) is 11.5. The second kappa shape index (κ2) is 11.5. The second-order valence-electron chi connectivity index (χ2n) is 7.59. The van der Waals surface area contributed by atoms with Gasteiger partial charge in [0.05, 0.1) is 6.04 Å². The molecule has 144 valence electrons. The number of hydrogen-bond donors (Lipinski definition) is 2. The van der Waals surface area contributed by atoms with E-state index in [9.17, 15) is 4.79 Å². The summed E-state index contributed by atoms with van der Waals surface area (Å²) in [6.07, 6.45) is 5.46. The minimum atomic E-state index is -0.355. The maximum Gasteiger partial charge on any atom is 0.237 e. The molecule has 2 rings (SSSR count). The maximum absolute atomic E-state index is 12.1. The quantitative estimate of drug-likeness (QED) is 0.761. The van der Waals surface area contributed by atoms with E-state index in [-0.39, 0.29) is 36.8 Å². The molecule has 0 spiro atoms. The number of nitrogens with zero attached hydrogens (tertiary/aromatic N) is 2. The van der Waals surface area contributed by atoms with E-state index in [0.29, 0.717) is 12.0 Å². The molecular formula is C17H36Cl2N4O.